The summed E-state index contributed by atoms with van der Waals surface area (Å²) in [5.41, 5.74) is -0.492. The van der Waals surface area contributed by atoms with Crippen LogP contribution in [0.4, 0.5) is 28.2 Å². The first kappa shape index (κ1) is 21.6. The van der Waals surface area contributed by atoms with Crippen LogP contribution in [0.15, 0.2) is 34.9 Å². The summed E-state index contributed by atoms with van der Waals surface area (Å²) in [6.45, 7) is -0.171. The topological polar surface area (TPSA) is 86.9 Å². The van der Waals surface area contributed by atoms with E-state index in [2.05, 4.69) is 4.98 Å². The van der Waals surface area contributed by atoms with E-state index in [9.17, 15) is 27.2 Å². The zero-order valence-electron chi connectivity index (χ0n) is 16.7. The number of likely N-dealkylation sites (tertiary alicyclic amines) is 1. The molecule has 7 nitrogen and oxygen atoms in total. The van der Waals surface area contributed by atoms with Crippen LogP contribution in [0.5, 0.6) is 0 Å². The Morgan fingerprint density at radius 3 is 2.44 bits per heavy atom. The molecule has 1 fully saturated rings. The number of anilines is 1. The van der Waals surface area contributed by atoms with Crippen LogP contribution in [0, 0.1) is 11.6 Å². The second-order valence-corrected chi connectivity index (χ2v) is 7.48. The molecule has 1 N–H and O–H groups in total. The molecule has 0 spiro atoms. The number of halogens is 4. The number of aromatic nitrogens is 1. The van der Waals surface area contributed by atoms with Gasteiger partial charge in [-0.2, -0.15) is 4.39 Å². The maximum Gasteiger partial charge on any atom is 0.413 e. The quantitative estimate of drug-likeness (QED) is 0.581. The van der Waals surface area contributed by atoms with Crippen molar-refractivity contribution in [2.75, 3.05) is 25.0 Å². The van der Waals surface area contributed by atoms with E-state index in [1.807, 2.05) is 0 Å². The van der Waals surface area contributed by atoms with Gasteiger partial charge in [0.25, 0.3) is 11.8 Å². The van der Waals surface area contributed by atoms with Crippen molar-refractivity contribution >= 4 is 28.9 Å². The van der Waals surface area contributed by atoms with E-state index in [0.29, 0.717) is 4.90 Å². The summed E-state index contributed by atoms with van der Waals surface area (Å²) < 4.78 is 60.9. The lowest BCUT2D eigenvalue weighted by Gasteiger charge is -2.31. The molecule has 0 bridgehead atoms. The third-order valence-electron chi connectivity index (χ3n) is 5.36. The Morgan fingerprint density at radius 1 is 1.16 bits per heavy atom. The molecule has 3 heterocycles. The number of fused-ring (bicyclic) bond motifs is 1. The highest BCUT2D eigenvalue weighted by Crippen LogP contribution is 2.34. The average Bonchev–Trinajstić information content (AvgIpc) is 3.19. The van der Waals surface area contributed by atoms with Crippen LogP contribution >= 0.6 is 0 Å². The third-order valence-corrected chi connectivity index (χ3v) is 5.36. The van der Waals surface area contributed by atoms with E-state index in [4.69, 9.17) is 9.52 Å². The second-order valence-electron chi connectivity index (χ2n) is 7.48. The van der Waals surface area contributed by atoms with Gasteiger partial charge < -0.3 is 14.4 Å². The minimum Gasteiger partial charge on any atom is -0.465 e. The largest absolute Gasteiger partial charge is 0.465 e. The van der Waals surface area contributed by atoms with Crippen molar-refractivity contribution in [3.05, 3.63) is 47.7 Å². The van der Waals surface area contributed by atoms with Crippen LogP contribution in [-0.4, -0.2) is 53.1 Å². The van der Waals surface area contributed by atoms with Crippen molar-refractivity contribution in [2.45, 2.75) is 18.8 Å². The Hall–Kier alpha value is -3.63. The van der Waals surface area contributed by atoms with Crippen LogP contribution in [0.2, 0.25) is 0 Å². The molecule has 1 aromatic carbocycles. The number of carbonyl (C=O) groups excluding carboxylic acids is 1. The lowest BCUT2D eigenvalue weighted by molar-refractivity contribution is -0.0494. The van der Waals surface area contributed by atoms with Gasteiger partial charge in [0, 0.05) is 56.2 Å². The standard InChI is InChI=1S/C21H17F4N3O4/c1-27(20(30)31)15-9-12-8-13(16(22)17(23)18(12)32-15)14-3-2-11(10-26-14)19(29)28-6-4-21(24,25)5-7-28/h2-3,8-10H,4-7H2,1H3,(H,30,31). The van der Waals surface area contributed by atoms with E-state index in [0.717, 1.165) is 0 Å². The number of carbonyl (C=O) groups is 2. The first-order chi connectivity index (χ1) is 15.1. The highest BCUT2D eigenvalue weighted by molar-refractivity contribution is 5.95. The molecule has 0 saturated carbocycles. The van der Waals surface area contributed by atoms with E-state index >= 15 is 0 Å². The Labute approximate surface area is 178 Å². The minimum atomic E-state index is -2.79. The smallest absolute Gasteiger partial charge is 0.413 e. The van der Waals surface area contributed by atoms with Crippen molar-refractivity contribution < 1.29 is 36.7 Å². The SMILES string of the molecule is CN(C(=O)O)c1cc2cc(-c3ccc(C(=O)N4CCC(F)(F)CC4)cn3)c(F)c(F)c2o1. The maximum atomic E-state index is 14.7. The first-order valence-electron chi connectivity index (χ1n) is 9.59. The summed E-state index contributed by atoms with van der Waals surface area (Å²) in [5, 5.41) is 9.15. The number of hydrogen-bond acceptors (Lipinski definition) is 4. The van der Waals surface area contributed by atoms with Gasteiger partial charge >= 0.3 is 6.09 Å². The number of hydrogen-bond donors (Lipinski definition) is 1. The monoisotopic (exact) mass is 451 g/mol. The van der Waals surface area contributed by atoms with Gasteiger partial charge in [-0.05, 0) is 18.2 Å². The number of amides is 2. The molecule has 168 valence electrons. The highest BCUT2D eigenvalue weighted by atomic mass is 19.3. The van der Waals surface area contributed by atoms with Crippen LogP contribution < -0.4 is 4.90 Å². The molecule has 0 atom stereocenters. The van der Waals surface area contributed by atoms with Gasteiger partial charge in [0.1, 0.15) is 0 Å². The summed E-state index contributed by atoms with van der Waals surface area (Å²) in [6.07, 6.45) is -1.01. The van der Waals surface area contributed by atoms with E-state index in [1.165, 1.54) is 42.4 Å². The van der Waals surface area contributed by atoms with Gasteiger partial charge in [0.05, 0.1) is 11.3 Å². The molecule has 0 unspecified atom stereocenters. The normalized spacial score (nSPS) is 15.7. The van der Waals surface area contributed by atoms with Crippen molar-refractivity contribution in [2.24, 2.45) is 0 Å². The molecule has 11 heteroatoms. The molecule has 1 aliphatic heterocycles. The molecule has 1 aliphatic rings. The van der Waals surface area contributed by atoms with Crippen molar-refractivity contribution in [3.63, 3.8) is 0 Å². The van der Waals surface area contributed by atoms with Gasteiger partial charge in [0.2, 0.25) is 11.7 Å². The minimum absolute atomic E-state index is 0.0272. The number of carboxylic acid groups (broad SMARTS) is 1. The van der Waals surface area contributed by atoms with E-state index in [-0.39, 0.29) is 41.2 Å². The summed E-state index contributed by atoms with van der Waals surface area (Å²) in [4.78, 5) is 29.6. The second kappa shape index (κ2) is 7.81. The molecule has 0 radical (unpaired) electrons. The van der Waals surface area contributed by atoms with Gasteiger partial charge in [-0.1, -0.05) is 0 Å². The fourth-order valence-corrected chi connectivity index (χ4v) is 3.45. The van der Waals surface area contributed by atoms with Crippen LogP contribution in [0.25, 0.3) is 22.2 Å². The summed E-state index contributed by atoms with van der Waals surface area (Å²) in [5.74, 6) is -6.01. The predicted octanol–water partition coefficient (Wildman–Crippen LogP) is 4.76. The zero-order chi connectivity index (χ0) is 23.2. The molecule has 32 heavy (non-hydrogen) atoms. The van der Waals surface area contributed by atoms with Gasteiger partial charge in [-0.3, -0.25) is 14.7 Å². The van der Waals surface area contributed by atoms with Crippen LogP contribution in [0.3, 0.4) is 0 Å². The Kier molecular flexibility index (Phi) is 5.27. The maximum absolute atomic E-state index is 14.7. The Bertz CT molecular complexity index is 1200. The number of pyridine rings is 1. The number of furan rings is 1. The number of benzene rings is 1. The van der Waals surface area contributed by atoms with Crippen LogP contribution in [-0.2, 0) is 0 Å². The Balaban J connectivity index is 1.62. The highest BCUT2D eigenvalue weighted by Gasteiger charge is 2.35. The predicted molar refractivity (Wildman–Crippen MR) is 106 cm³/mol. The molecular weight excluding hydrogens is 434 g/mol. The first-order valence-corrected chi connectivity index (χ1v) is 9.59. The number of piperidine rings is 1. The van der Waals surface area contributed by atoms with Crippen LogP contribution in [0.1, 0.15) is 23.2 Å². The summed E-state index contributed by atoms with van der Waals surface area (Å²) in [7, 11) is 1.19. The molecular formula is C21H17F4N3O4. The number of nitrogens with zero attached hydrogens (tertiary/aromatic N) is 3. The van der Waals surface area contributed by atoms with Gasteiger partial charge in [0.15, 0.2) is 11.4 Å². The molecule has 2 amide bonds. The lowest BCUT2D eigenvalue weighted by atomic mass is 10.0. The lowest BCUT2D eigenvalue weighted by Crippen LogP contribution is -2.42. The number of alkyl halides is 2. The zero-order valence-corrected chi connectivity index (χ0v) is 16.7. The van der Waals surface area contributed by atoms with Gasteiger partial charge in [-0.25, -0.2) is 18.0 Å². The fourth-order valence-electron chi connectivity index (χ4n) is 3.45. The van der Waals surface area contributed by atoms with Gasteiger partial charge in [-0.15, -0.1) is 0 Å². The summed E-state index contributed by atoms with van der Waals surface area (Å²) in [6, 6.07) is 5.18. The molecule has 1 saturated heterocycles. The van der Waals surface area contributed by atoms with Crippen molar-refractivity contribution in [1.29, 1.82) is 0 Å². The number of rotatable bonds is 3. The molecule has 3 aromatic rings. The average molecular weight is 451 g/mol. The van der Waals surface area contributed by atoms with E-state index < -0.39 is 48.0 Å². The molecule has 4 rings (SSSR count). The molecule has 0 aliphatic carbocycles. The van der Waals surface area contributed by atoms with Crippen molar-refractivity contribution in [1.82, 2.24) is 9.88 Å². The molecule has 2 aromatic heterocycles. The van der Waals surface area contributed by atoms with E-state index in [1.54, 1.807) is 0 Å². The Morgan fingerprint density at radius 2 is 1.84 bits per heavy atom. The van der Waals surface area contributed by atoms with Crippen molar-refractivity contribution in [3.8, 4) is 11.3 Å². The third kappa shape index (κ3) is 3.85. The fraction of sp³-hybridized carbons (Fsp3) is 0.286. The summed E-state index contributed by atoms with van der Waals surface area (Å²) >= 11 is 0.